The first-order valence-corrected chi connectivity index (χ1v) is 7.44. The third-order valence-electron chi connectivity index (χ3n) is 3.14. The van der Waals surface area contributed by atoms with E-state index in [9.17, 15) is 14.0 Å². The molecule has 5 nitrogen and oxygen atoms in total. The smallest absolute Gasteiger partial charge is 0.347 e. The summed E-state index contributed by atoms with van der Waals surface area (Å²) < 4.78 is 23.1. The molecule has 2 aromatic rings. The predicted octanol–water partition coefficient (Wildman–Crippen LogP) is 2.45. The Labute approximate surface area is 139 Å². The van der Waals surface area contributed by atoms with E-state index in [0.29, 0.717) is 5.75 Å². The molecule has 0 saturated heterocycles. The molecule has 0 fully saturated rings. The molecule has 24 heavy (non-hydrogen) atoms. The average Bonchev–Trinajstić information content (AvgIpc) is 2.60. The molecule has 0 spiro atoms. The van der Waals surface area contributed by atoms with Gasteiger partial charge in [0.2, 0.25) is 0 Å². The number of hydrogen-bond acceptors (Lipinski definition) is 4. The van der Waals surface area contributed by atoms with Crippen LogP contribution in [-0.4, -0.2) is 24.6 Å². The minimum atomic E-state index is -0.822. The number of benzene rings is 2. The Morgan fingerprint density at radius 2 is 1.75 bits per heavy atom. The summed E-state index contributed by atoms with van der Waals surface area (Å²) in [6, 6.07) is 14.6. The van der Waals surface area contributed by atoms with Crippen molar-refractivity contribution in [2.75, 3.05) is 6.61 Å². The third kappa shape index (κ3) is 5.72. The summed E-state index contributed by atoms with van der Waals surface area (Å²) in [4.78, 5) is 23.5. The number of ether oxygens (including phenoxy) is 2. The Kier molecular flexibility index (Phi) is 6.31. The molecule has 126 valence electrons. The van der Waals surface area contributed by atoms with Crippen LogP contribution in [-0.2, 0) is 20.9 Å². The van der Waals surface area contributed by atoms with Gasteiger partial charge in [-0.2, -0.15) is 0 Å². The fourth-order valence-electron chi connectivity index (χ4n) is 1.86. The summed E-state index contributed by atoms with van der Waals surface area (Å²) in [5.74, 6) is -0.871. The molecule has 1 N–H and O–H groups in total. The summed E-state index contributed by atoms with van der Waals surface area (Å²) >= 11 is 0. The van der Waals surface area contributed by atoms with Gasteiger partial charge < -0.3 is 14.8 Å². The van der Waals surface area contributed by atoms with Crippen LogP contribution in [0.1, 0.15) is 12.5 Å². The zero-order chi connectivity index (χ0) is 17.4. The largest absolute Gasteiger partial charge is 0.479 e. The predicted molar refractivity (Wildman–Crippen MR) is 85.7 cm³/mol. The van der Waals surface area contributed by atoms with Gasteiger partial charge in [-0.1, -0.05) is 30.3 Å². The topological polar surface area (TPSA) is 64.6 Å². The van der Waals surface area contributed by atoms with E-state index in [1.165, 1.54) is 12.1 Å². The van der Waals surface area contributed by atoms with E-state index in [4.69, 9.17) is 9.47 Å². The van der Waals surface area contributed by atoms with Crippen LogP contribution < -0.4 is 10.1 Å². The maximum absolute atomic E-state index is 12.8. The van der Waals surface area contributed by atoms with Crippen LogP contribution in [0.25, 0.3) is 0 Å². The number of halogens is 1. The van der Waals surface area contributed by atoms with Crippen molar-refractivity contribution in [2.24, 2.45) is 0 Å². The molecule has 2 aromatic carbocycles. The molecule has 2 rings (SSSR count). The first-order chi connectivity index (χ1) is 11.5. The third-order valence-corrected chi connectivity index (χ3v) is 3.14. The molecule has 0 bridgehead atoms. The van der Waals surface area contributed by atoms with E-state index in [2.05, 4.69) is 5.32 Å². The summed E-state index contributed by atoms with van der Waals surface area (Å²) in [5, 5.41) is 2.58. The molecule has 0 saturated carbocycles. The lowest BCUT2D eigenvalue weighted by Crippen LogP contribution is -2.32. The fraction of sp³-hybridized carbons (Fsp3) is 0.222. The standard InChI is InChI=1S/C18H18FNO4/c1-13(24-16-5-3-2-4-6-16)18(22)23-12-17(21)20-11-14-7-9-15(19)10-8-14/h2-10,13H,11-12H2,1H3,(H,20,21)/t13-/m0/s1. The highest BCUT2D eigenvalue weighted by Crippen LogP contribution is 2.11. The minimum Gasteiger partial charge on any atom is -0.479 e. The molecule has 1 atom stereocenters. The number of amides is 1. The summed E-state index contributed by atoms with van der Waals surface area (Å²) in [7, 11) is 0. The Balaban J connectivity index is 1.70. The van der Waals surface area contributed by atoms with Crippen LogP contribution in [0, 0.1) is 5.82 Å². The Hall–Kier alpha value is -2.89. The molecule has 1 amide bonds. The molecule has 0 aliphatic carbocycles. The lowest BCUT2D eigenvalue weighted by molar-refractivity contribution is -0.154. The summed E-state index contributed by atoms with van der Waals surface area (Å²) in [6.45, 7) is 1.38. The van der Waals surface area contributed by atoms with Gasteiger partial charge in [0.05, 0.1) is 0 Å². The number of nitrogens with one attached hydrogen (secondary N) is 1. The van der Waals surface area contributed by atoms with Crippen molar-refractivity contribution < 1.29 is 23.5 Å². The van der Waals surface area contributed by atoms with Crippen molar-refractivity contribution in [1.29, 1.82) is 0 Å². The maximum atomic E-state index is 12.8. The number of rotatable bonds is 7. The van der Waals surface area contributed by atoms with Gasteiger partial charge in [0.1, 0.15) is 11.6 Å². The van der Waals surface area contributed by atoms with Gasteiger partial charge in [-0.25, -0.2) is 9.18 Å². The zero-order valence-electron chi connectivity index (χ0n) is 13.2. The van der Waals surface area contributed by atoms with Crippen LogP contribution in [0.5, 0.6) is 5.75 Å². The molecule has 0 aliphatic heterocycles. The van der Waals surface area contributed by atoms with Gasteiger partial charge in [-0.15, -0.1) is 0 Å². The lowest BCUT2D eigenvalue weighted by Gasteiger charge is -2.13. The second-order valence-electron chi connectivity index (χ2n) is 5.08. The quantitative estimate of drug-likeness (QED) is 0.792. The van der Waals surface area contributed by atoms with Crippen molar-refractivity contribution in [3.8, 4) is 5.75 Å². The number of hydrogen-bond donors (Lipinski definition) is 1. The number of esters is 1. The van der Waals surface area contributed by atoms with E-state index in [0.717, 1.165) is 5.56 Å². The Bertz CT molecular complexity index is 673. The van der Waals surface area contributed by atoms with Crippen LogP contribution in [0.3, 0.4) is 0 Å². The minimum absolute atomic E-state index is 0.229. The number of para-hydroxylation sites is 1. The molecular weight excluding hydrogens is 313 g/mol. The molecule has 0 aliphatic rings. The van der Waals surface area contributed by atoms with E-state index in [1.807, 2.05) is 6.07 Å². The van der Waals surface area contributed by atoms with Crippen LogP contribution in [0.4, 0.5) is 4.39 Å². The van der Waals surface area contributed by atoms with E-state index < -0.39 is 24.6 Å². The molecule has 0 heterocycles. The van der Waals surface area contributed by atoms with Crippen molar-refractivity contribution in [3.63, 3.8) is 0 Å². The van der Waals surface area contributed by atoms with Crippen molar-refractivity contribution >= 4 is 11.9 Å². The van der Waals surface area contributed by atoms with Crippen LogP contribution in [0.2, 0.25) is 0 Å². The number of carbonyl (C=O) groups excluding carboxylic acids is 2. The molecule has 6 heteroatoms. The second-order valence-corrected chi connectivity index (χ2v) is 5.08. The SMILES string of the molecule is C[C@H](Oc1ccccc1)C(=O)OCC(=O)NCc1ccc(F)cc1. The highest BCUT2D eigenvalue weighted by atomic mass is 19.1. The van der Waals surface area contributed by atoms with Crippen molar-refractivity contribution in [1.82, 2.24) is 5.32 Å². The van der Waals surface area contributed by atoms with E-state index in [1.54, 1.807) is 43.3 Å². The van der Waals surface area contributed by atoms with Crippen molar-refractivity contribution in [3.05, 3.63) is 66.0 Å². The monoisotopic (exact) mass is 331 g/mol. The summed E-state index contributed by atoms with van der Waals surface area (Å²) in [5.41, 5.74) is 0.747. The molecule has 0 aromatic heterocycles. The molecular formula is C18H18FNO4. The van der Waals surface area contributed by atoms with Gasteiger partial charge in [-0.3, -0.25) is 4.79 Å². The second kappa shape index (κ2) is 8.67. The highest BCUT2D eigenvalue weighted by Gasteiger charge is 2.17. The Morgan fingerprint density at radius 3 is 2.42 bits per heavy atom. The zero-order valence-corrected chi connectivity index (χ0v) is 13.2. The van der Waals surface area contributed by atoms with E-state index in [-0.39, 0.29) is 12.4 Å². The highest BCUT2D eigenvalue weighted by molar-refractivity contribution is 5.81. The maximum Gasteiger partial charge on any atom is 0.347 e. The Morgan fingerprint density at radius 1 is 1.08 bits per heavy atom. The normalized spacial score (nSPS) is 11.4. The molecule has 0 radical (unpaired) electrons. The number of carbonyl (C=O) groups is 2. The fourth-order valence-corrected chi connectivity index (χ4v) is 1.86. The van der Waals surface area contributed by atoms with Crippen molar-refractivity contribution in [2.45, 2.75) is 19.6 Å². The first-order valence-electron chi connectivity index (χ1n) is 7.44. The van der Waals surface area contributed by atoms with Crippen LogP contribution >= 0.6 is 0 Å². The summed E-state index contributed by atoms with van der Waals surface area (Å²) in [6.07, 6.45) is -0.822. The van der Waals surface area contributed by atoms with Crippen LogP contribution in [0.15, 0.2) is 54.6 Å². The van der Waals surface area contributed by atoms with E-state index >= 15 is 0 Å². The lowest BCUT2D eigenvalue weighted by atomic mass is 10.2. The first kappa shape index (κ1) is 17.5. The average molecular weight is 331 g/mol. The van der Waals surface area contributed by atoms with Gasteiger partial charge in [-0.05, 0) is 36.8 Å². The van der Waals surface area contributed by atoms with Gasteiger partial charge in [0, 0.05) is 6.54 Å². The van der Waals surface area contributed by atoms with Gasteiger partial charge in [0.25, 0.3) is 5.91 Å². The van der Waals surface area contributed by atoms with Gasteiger partial charge >= 0.3 is 5.97 Å². The van der Waals surface area contributed by atoms with Gasteiger partial charge in [0.15, 0.2) is 12.7 Å². The molecule has 0 unspecified atom stereocenters.